The summed E-state index contributed by atoms with van der Waals surface area (Å²) in [6, 6.07) is 14.3. The van der Waals surface area contributed by atoms with E-state index in [1.165, 1.54) is 12.1 Å². The summed E-state index contributed by atoms with van der Waals surface area (Å²) in [5.74, 6) is 2.26. The number of carbonyl (C=O) groups excluding carboxylic acids is 1. The summed E-state index contributed by atoms with van der Waals surface area (Å²) < 4.78 is 24.0. The van der Waals surface area contributed by atoms with Crippen LogP contribution in [0, 0.1) is 17.7 Å². The molecule has 2 aliphatic rings. The average molecular weight is 398 g/mol. The number of ether oxygens (including phenoxy) is 2. The molecule has 0 N–H and O–H groups in total. The van der Waals surface area contributed by atoms with Gasteiger partial charge in [-0.05, 0) is 47.9 Å². The van der Waals surface area contributed by atoms with Gasteiger partial charge in [0.2, 0.25) is 5.91 Å². The maximum absolute atomic E-state index is 13.0. The number of halogens is 1. The van der Waals surface area contributed by atoms with Gasteiger partial charge in [-0.25, -0.2) is 4.39 Å². The number of amides is 1. The standard InChI is InChI=1S/C23H27FN2O3/c1-16(27)26-14-18-13-25(11-12-29-21-9-5-19(24)6-10-21)15-22(18)23(26)17-3-7-20(28-2)8-4-17/h3-10,18,22-23H,11-15H2,1-2H3/t18-,22-,23+/m1/s1. The number of fused-ring (bicyclic) bond motifs is 1. The Kier molecular flexibility index (Phi) is 5.72. The number of benzene rings is 2. The smallest absolute Gasteiger partial charge is 0.219 e. The van der Waals surface area contributed by atoms with Gasteiger partial charge in [-0.15, -0.1) is 0 Å². The highest BCUT2D eigenvalue weighted by atomic mass is 19.1. The fourth-order valence-corrected chi connectivity index (χ4v) is 4.70. The molecule has 2 heterocycles. The second-order valence-electron chi connectivity index (χ2n) is 7.88. The lowest BCUT2D eigenvalue weighted by molar-refractivity contribution is -0.130. The second-order valence-corrected chi connectivity index (χ2v) is 7.88. The van der Waals surface area contributed by atoms with Gasteiger partial charge in [0, 0.05) is 39.0 Å². The maximum Gasteiger partial charge on any atom is 0.219 e. The summed E-state index contributed by atoms with van der Waals surface area (Å²) in [7, 11) is 1.66. The molecule has 2 aromatic rings. The van der Waals surface area contributed by atoms with Crippen LogP contribution in [-0.2, 0) is 4.79 Å². The summed E-state index contributed by atoms with van der Waals surface area (Å²) in [6.45, 7) is 5.75. The van der Waals surface area contributed by atoms with Gasteiger partial charge in [-0.3, -0.25) is 9.69 Å². The molecule has 1 amide bonds. The Morgan fingerprint density at radius 3 is 2.38 bits per heavy atom. The number of rotatable bonds is 6. The first-order valence-corrected chi connectivity index (χ1v) is 10.1. The molecule has 2 fully saturated rings. The number of likely N-dealkylation sites (tertiary alicyclic amines) is 2. The molecule has 3 atom stereocenters. The number of nitrogens with zero attached hydrogens (tertiary/aromatic N) is 2. The maximum atomic E-state index is 13.0. The normalized spacial score (nSPS) is 23.8. The van der Waals surface area contributed by atoms with Crippen molar-refractivity contribution in [1.29, 1.82) is 0 Å². The van der Waals surface area contributed by atoms with Gasteiger partial charge in [0.15, 0.2) is 0 Å². The molecule has 0 saturated carbocycles. The lowest BCUT2D eigenvalue weighted by atomic mass is 9.89. The van der Waals surface area contributed by atoms with Crippen LogP contribution in [0.3, 0.4) is 0 Å². The predicted octanol–water partition coefficient (Wildman–Crippen LogP) is 3.36. The summed E-state index contributed by atoms with van der Waals surface area (Å²) in [5, 5.41) is 0. The molecule has 0 radical (unpaired) electrons. The van der Waals surface area contributed by atoms with E-state index >= 15 is 0 Å². The minimum atomic E-state index is -0.260. The Balaban J connectivity index is 1.39. The van der Waals surface area contributed by atoms with Crippen LogP contribution in [0.25, 0.3) is 0 Å². The van der Waals surface area contributed by atoms with E-state index in [4.69, 9.17) is 9.47 Å². The molecule has 0 aliphatic carbocycles. The molecule has 6 heteroatoms. The predicted molar refractivity (Wildman–Crippen MR) is 108 cm³/mol. The van der Waals surface area contributed by atoms with Gasteiger partial charge < -0.3 is 14.4 Å². The third-order valence-electron chi connectivity index (χ3n) is 6.09. The van der Waals surface area contributed by atoms with E-state index in [2.05, 4.69) is 17.0 Å². The van der Waals surface area contributed by atoms with Crippen molar-refractivity contribution in [2.24, 2.45) is 11.8 Å². The average Bonchev–Trinajstić information content (AvgIpc) is 3.27. The van der Waals surface area contributed by atoms with Gasteiger partial charge in [0.25, 0.3) is 0 Å². The van der Waals surface area contributed by atoms with Crippen molar-refractivity contribution in [2.75, 3.05) is 39.9 Å². The largest absolute Gasteiger partial charge is 0.497 e. The quantitative estimate of drug-likeness (QED) is 0.748. The van der Waals surface area contributed by atoms with E-state index < -0.39 is 0 Å². The highest BCUT2D eigenvalue weighted by Gasteiger charge is 2.48. The summed E-state index contributed by atoms with van der Waals surface area (Å²) in [6.07, 6.45) is 0. The molecular weight excluding hydrogens is 371 g/mol. The number of hydrogen-bond acceptors (Lipinski definition) is 4. The van der Waals surface area contributed by atoms with Gasteiger partial charge in [-0.1, -0.05) is 12.1 Å². The monoisotopic (exact) mass is 398 g/mol. The van der Waals surface area contributed by atoms with E-state index in [0.29, 0.717) is 24.2 Å². The minimum Gasteiger partial charge on any atom is -0.497 e. The van der Waals surface area contributed by atoms with Crippen LogP contribution < -0.4 is 9.47 Å². The van der Waals surface area contributed by atoms with Crippen LogP contribution in [0.1, 0.15) is 18.5 Å². The molecular formula is C23H27FN2O3. The second kappa shape index (κ2) is 8.41. The third kappa shape index (κ3) is 4.22. The number of methoxy groups -OCH3 is 1. The van der Waals surface area contributed by atoms with Crippen molar-refractivity contribution < 1.29 is 18.7 Å². The Bertz CT molecular complexity index is 840. The van der Waals surface area contributed by atoms with Gasteiger partial charge in [-0.2, -0.15) is 0 Å². The Morgan fingerprint density at radius 2 is 1.72 bits per heavy atom. The van der Waals surface area contributed by atoms with E-state index in [-0.39, 0.29) is 17.8 Å². The van der Waals surface area contributed by atoms with Crippen LogP contribution in [0.5, 0.6) is 11.5 Å². The van der Waals surface area contributed by atoms with Crippen molar-refractivity contribution in [3.8, 4) is 11.5 Å². The Labute approximate surface area is 171 Å². The van der Waals surface area contributed by atoms with Crippen LogP contribution in [0.2, 0.25) is 0 Å². The number of carbonyl (C=O) groups is 1. The lowest BCUT2D eigenvalue weighted by Crippen LogP contribution is -2.35. The number of hydrogen-bond donors (Lipinski definition) is 0. The zero-order valence-electron chi connectivity index (χ0n) is 16.9. The third-order valence-corrected chi connectivity index (χ3v) is 6.09. The summed E-state index contributed by atoms with van der Waals surface area (Å²) >= 11 is 0. The molecule has 2 aromatic carbocycles. The van der Waals surface area contributed by atoms with Crippen LogP contribution in [0.15, 0.2) is 48.5 Å². The first kappa shape index (κ1) is 19.7. The first-order valence-electron chi connectivity index (χ1n) is 10.1. The van der Waals surface area contributed by atoms with Crippen LogP contribution in [0.4, 0.5) is 4.39 Å². The summed E-state index contributed by atoms with van der Waals surface area (Å²) in [4.78, 5) is 16.7. The van der Waals surface area contributed by atoms with E-state index in [9.17, 15) is 9.18 Å². The molecule has 2 saturated heterocycles. The SMILES string of the molecule is COc1ccc([C@H]2[C@@H]3CN(CCOc4ccc(F)cc4)C[C@@H]3CN2C(C)=O)cc1. The lowest BCUT2D eigenvalue weighted by Gasteiger charge is -2.29. The topological polar surface area (TPSA) is 42.0 Å². The first-order chi connectivity index (χ1) is 14.0. The van der Waals surface area contributed by atoms with E-state index in [1.807, 2.05) is 17.0 Å². The van der Waals surface area contributed by atoms with Crippen molar-refractivity contribution in [3.05, 3.63) is 59.9 Å². The van der Waals surface area contributed by atoms with Crippen molar-refractivity contribution in [3.63, 3.8) is 0 Å². The van der Waals surface area contributed by atoms with E-state index in [1.54, 1.807) is 26.2 Å². The highest BCUT2D eigenvalue weighted by molar-refractivity contribution is 5.74. The Morgan fingerprint density at radius 1 is 1.03 bits per heavy atom. The molecule has 0 spiro atoms. The molecule has 5 nitrogen and oxygen atoms in total. The van der Waals surface area contributed by atoms with Crippen molar-refractivity contribution in [1.82, 2.24) is 9.80 Å². The van der Waals surface area contributed by atoms with Crippen LogP contribution >= 0.6 is 0 Å². The van der Waals surface area contributed by atoms with Crippen LogP contribution in [-0.4, -0.2) is 55.6 Å². The molecule has 0 bridgehead atoms. The molecule has 0 aromatic heterocycles. The molecule has 154 valence electrons. The summed E-state index contributed by atoms with van der Waals surface area (Å²) in [5.41, 5.74) is 1.16. The fraction of sp³-hybridized carbons (Fsp3) is 0.435. The molecule has 29 heavy (non-hydrogen) atoms. The zero-order chi connectivity index (χ0) is 20.4. The van der Waals surface area contributed by atoms with Gasteiger partial charge in [0.05, 0.1) is 13.2 Å². The molecule has 4 rings (SSSR count). The van der Waals surface area contributed by atoms with E-state index in [0.717, 1.165) is 37.5 Å². The molecule has 2 aliphatic heterocycles. The van der Waals surface area contributed by atoms with Crippen molar-refractivity contribution in [2.45, 2.75) is 13.0 Å². The highest BCUT2D eigenvalue weighted by Crippen LogP contribution is 2.45. The Hall–Kier alpha value is -2.60. The fourth-order valence-electron chi connectivity index (χ4n) is 4.70. The minimum absolute atomic E-state index is 0.103. The molecule has 0 unspecified atom stereocenters. The zero-order valence-corrected chi connectivity index (χ0v) is 16.9. The van der Waals surface area contributed by atoms with Gasteiger partial charge in [0.1, 0.15) is 23.9 Å². The van der Waals surface area contributed by atoms with Gasteiger partial charge >= 0.3 is 0 Å². The van der Waals surface area contributed by atoms with Crippen molar-refractivity contribution >= 4 is 5.91 Å².